The maximum Gasteiger partial charge on any atom is 0.257 e. The number of rotatable bonds is 6. The molecule has 1 heterocycles. The number of aryl methyl sites for hydroxylation is 1. The normalized spacial score (nSPS) is 11.2. The third-order valence-corrected chi connectivity index (χ3v) is 5.70. The van der Waals surface area contributed by atoms with Crippen molar-refractivity contribution in [3.8, 4) is 0 Å². The van der Waals surface area contributed by atoms with Crippen molar-refractivity contribution in [1.29, 1.82) is 0 Å². The van der Waals surface area contributed by atoms with Crippen molar-refractivity contribution >= 4 is 56.2 Å². The van der Waals surface area contributed by atoms with Crippen LogP contribution < -0.4 is 21.3 Å². The van der Waals surface area contributed by atoms with Gasteiger partial charge in [0.15, 0.2) is 11.6 Å². The molecule has 3 aromatic rings. The fourth-order valence-corrected chi connectivity index (χ4v) is 3.34. The monoisotopic (exact) mass is 438 g/mol. The Morgan fingerprint density at radius 1 is 0.964 bits per heavy atom. The van der Waals surface area contributed by atoms with Crippen LogP contribution in [0.4, 0.5) is 23.0 Å². The zero-order chi connectivity index (χ0) is 20.3. The van der Waals surface area contributed by atoms with Gasteiger partial charge in [0.2, 0.25) is 0 Å². The maximum atomic E-state index is 12.4. The van der Waals surface area contributed by atoms with Crippen molar-refractivity contribution in [1.82, 2.24) is 14.8 Å². The fourth-order valence-electron chi connectivity index (χ4n) is 2.20. The molecule has 0 saturated heterocycles. The number of nitrogen functional groups attached to an aromatic ring is 1. The molecule has 0 aliphatic heterocycles. The Morgan fingerprint density at radius 2 is 1.64 bits per heavy atom. The average molecular weight is 439 g/mol. The smallest absolute Gasteiger partial charge is 0.257 e. The van der Waals surface area contributed by atoms with Gasteiger partial charge < -0.3 is 11.1 Å². The number of nitrogens with one attached hydrogen (secondary N) is 3. The molecule has 0 amide bonds. The van der Waals surface area contributed by atoms with E-state index in [-0.39, 0.29) is 22.2 Å². The Morgan fingerprint density at radius 3 is 2.32 bits per heavy atom. The van der Waals surface area contributed by atoms with E-state index in [1.165, 1.54) is 18.5 Å². The molecule has 2 aromatic carbocycles. The van der Waals surface area contributed by atoms with Crippen molar-refractivity contribution in [3.63, 3.8) is 0 Å². The second-order valence-electron chi connectivity index (χ2n) is 5.78. The number of hydrogen-bond acceptors (Lipinski definition) is 7. The van der Waals surface area contributed by atoms with Gasteiger partial charge in [-0.25, -0.2) is 18.4 Å². The lowest BCUT2D eigenvalue weighted by Crippen LogP contribution is -2.30. The van der Waals surface area contributed by atoms with Gasteiger partial charge in [-0.1, -0.05) is 40.9 Å². The fraction of sp³-hybridized carbons (Fsp3) is 0.0588. The topological polar surface area (TPSA) is 122 Å². The molecule has 0 fully saturated rings. The van der Waals surface area contributed by atoms with E-state index in [1.54, 1.807) is 30.3 Å². The first kappa shape index (κ1) is 20.2. The molecule has 0 aliphatic rings. The Kier molecular flexibility index (Phi) is 5.90. The zero-order valence-corrected chi connectivity index (χ0v) is 16.9. The Labute approximate surface area is 172 Å². The van der Waals surface area contributed by atoms with Crippen LogP contribution in [0.3, 0.4) is 0 Å². The van der Waals surface area contributed by atoms with E-state index in [1.807, 2.05) is 6.92 Å². The molecule has 0 saturated carbocycles. The number of nitrogens with zero attached hydrogens (tertiary/aromatic N) is 2. The summed E-state index contributed by atoms with van der Waals surface area (Å²) < 4.78 is 24.7. The van der Waals surface area contributed by atoms with Crippen LogP contribution >= 0.6 is 23.2 Å². The molecule has 0 radical (unpaired) electrons. The predicted molar refractivity (Wildman–Crippen MR) is 111 cm³/mol. The maximum absolute atomic E-state index is 12.4. The molecule has 0 bridgehead atoms. The molecule has 146 valence electrons. The van der Waals surface area contributed by atoms with E-state index < -0.39 is 10.0 Å². The number of nitrogens with two attached hydrogens (primary N) is 1. The number of anilines is 4. The third kappa shape index (κ3) is 4.63. The van der Waals surface area contributed by atoms with Gasteiger partial charge in [-0.2, -0.15) is 0 Å². The van der Waals surface area contributed by atoms with Crippen LogP contribution in [0, 0.1) is 6.92 Å². The van der Waals surface area contributed by atoms with Crippen LogP contribution in [0.1, 0.15) is 5.56 Å². The predicted octanol–water partition coefficient (Wildman–Crippen LogP) is 3.72. The second kappa shape index (κ2) is 8.19. The molecule has 0 atom stereocenters. The molecule has 0 spiro atoms. The van der Waals surface area contributed by atoms with Crippen molar-refractivity contribution < 1.29 is 8.42 Å². The van der Waals surface area contributed by atoms with Gasteiger partial charge in [0.25, 0.3) is 10.0 Å². The number of halogens is 2. The second-order valence-corrected chi connectivity index (χ2v) is 8.28. The lowest BCUT2D eigenvalue weighted by molar-refractivity contribution is 0.587. The minimum Gasteiger partial charge on any atom is -0.393 e. The summed E-state index contributed by atoms with van der Waals surface area (Å²) in [5, 5.41) is 3.76. The number of sulfonamides is 1. The summed E-state index contributed by atoms with van der Waals surface area (Å²) in [5.41, 5.74) is 10.2. The molecule has 3 rings (SSSR count). The molecule has 1 aromatic heterocycles. The van der Waals surface area contributed by atoms with E-state index in [2.05, 4.69) is 25.5 Å². The summed E-state index contributed by atoms with van der Waals surface area (Å²) in [6.07, 6.45) is 1.23. The first-order valence-electron chi connectivity index (χ1n) is 7.93. The Bertz CT molecular complexity index is 1110. The van der Waals surface area contributed by atoms with Crippen LogP contribution in [-0.2, 0) is 10.0 Å². The molecule has 0 aliphatic carbocycles. The van der Waals surface area contributed by atoms with Gasteiger partial charge in [0.1, 0.15) is 12.0 Å². The minimum absolute atomic E-state index is 0.0910. The van der Waals surface area contributed by atoms with E-state index in [0.29, 0.717) is 15.7 Å². The highest BCUT2D eigenvalue weighted by Gasteiger charge is 2.15. The van der Waals surface area contributed by atoms with Crippen LogP contribution in [0.25, 0.3) is 0 Å². The first-order chi connectivity index (χ1) is 13.3. The van der Waals surface area contributed by atoms with Gasteiger partial charge in [-0.15, -0.1) is 4.83 Å². The van der Waals surface area contributed by atoms with Gasteiger partial charge in [-0.3, -0.25) is 5.43 Å². The largest absolute Gasteiger partial charge is 0.393 e. The molecule has 5 N–H and O–H groups in total. The summed E-state index contributed by atoms with van der Waals surface area (Å²) in [7, 11) is -3.80. The Hall–Kier alpha value is -2.59. The van der Waals surface area contributed by atoms with Gasteiger partial charge in [0.05, 0.1) is 14.9 Å². The molecular weight excluding hydrogens is 423 g/mol. The number of benzene rings is 2. The van der Waals surface area contributed by atoms with E-state index in [9.17, 15) is 8.42 Å². The van der Waals surface area contributed by atoms with Crippen LogP contribution in [0.15, 0.2) is 53.7 Å². The van der Waals surface area contributed by atoms with Gasteiger partial charge in [-0.05, 0) is 37.3 Å². The van der Waals surface area contributed by atoms with Crippen molar-refractivity contribution in [2.45, 2.75) is 11.8 Å². The van der Waals surface area contributed by atoms with Crippen LogP contribution in [0.2, 0.25) is 10.0 Å². The Balaban J connectivity index is 1.77. The van der Waals surface area contributed by atoms with Crippen molar-refractivity contribution in [3.05, 3.63) is 64.4 Å². The van der Waals surface area contributed by atoms with Gasteiger partial charge >= 0.3 is 0 Å². The van der Waals surface area contributed by atoms with Crippen molar-refractivity contribution in [2.24, 2.45) is 0 Å². The summed E-state index contributed by atoms with van der Waals surface area (Å²) in [4.78, 5) is 10.4. The SMILES string of the molecule is Cc1ccc(S(=O)(=O)NNc2ncnc(Nc3ccc(Cl)c(Cl)c3)c2N)cc1. The van der Waals surface area contributed by atoms with Gasteiger partial charge in [0, 0.05) is 5.69 Å². The highest BCUT2D eigenvalue weighted by molar-refractivity contribution is 7.89. The molecule has 11 heteroatoms. The zero-order valence-electron chi connectivity index (χ0n) is 14.6. The van der Waals surface area contributed by atoms with Crippen LogP contribution in [-0.4, -0.2) is 18.4 Å². The first-order valence-corrected chi connectivity index (χ1v) is 10.2. The third-order valence-electron chi connectivity index (χ3n) is 3.70. The lowest BCUT2D eigenvalue weighted by Gasteiger charge is -2.14. The number of hydrogen-bond donors (Lipinski definition) is 4. The summed E-state index contributed by atoms with van der Waals surface area (Å²) in [6, 6.07) is 11.3. The summed E-state index contributed by atoms with van der Waals surface area (Å²) in [6.45, 7) is 1.87. The number of aromatic nitrogens is 2. The highest BCUT2D eigenvalue weighted by atomic mass is 35.5. The summed E-state index contributed by atoms with van der Waals surface area (Å²) in [5.74, 6) is 0.360. The van der Waals surface area contributed by atoms with Crippen molar-refractivity contribution in [2.75, 3.05) is 16.5 Å². The summed E-state index contributed by atoms with van der Waals surface area (Å²) >= 11 is 11.9. The molecule has 8 nitrogen and oxygen atoms in total. The number of hydrazine groups is 1. The van der Waals surface area contributed by atoms with E-state index >= 15 is 0 Å². The van der Waals surface area contributed by atoms with E-state index in [0.717, 1.165) is 5.56 Å². The standard InChI is InChI=1S/C17H16Cl2N6O2S/c1-10-2-5-12(6-3-10)28(26,27)25-24-17-15(20)16(21-9-22-17)23-11-4-7-13(18)14(19)8-11/h2-9,25H,20H2,1H3,(H2,21,22,23,24). The molecular formula is C17H16Cl2N6O2S. The lowest BCUT2D eigenvalue weighted by atomic mass is 10.2. The highest BCUT2D eigenvalue weighted by Crippen LogP contribution is 2.29. The van der Waals surface area contributed by atoms with E-state index in [4.69, 9.17) is 28.9 Å². The quantitative estimate of drug-likeness (QED) is 0.432. The van der Waals surface area contributed by atoms with Crippen LogP contribution in [0.5, 0.6) is 0 Å². The minimum atomic E-state index is -3.80. The average Bonchev–Trinajstić information content (AvgIpc) is 2.66. The molecule has 28 heavy (non-hydrogen) atoms. The molecule has 0 unspecified atom stereocenters.